The van der Waals surface area contributed by atoms with Gasteiger partial charge in [-0.25, -0.2) is 4.39 Å². The molecule has 1 aliphatic rings. The van der Waals surface area contributed by atoms with E-state index in [0.29, 0.717) is 6.04 Å². The first-order valence-electron chi connectivity index (χ1n) is 5.90. The molecule has 1 unspecified atom stereocenters. The second-order valence-electron chi connectivity index (χ2n) is 4.25. The van der Waals surface area contributed by atoms with E-state index in [4.69, 9.17) is 0 Å². The Hall–Kier alpha value is -0.540. The van der Waals surface area contributed by atoms with Crippen LogP contribution in [0.2, 0.25) is 0 Å². The van der Waals surface area contributed by atoms with Crippen LogP contribution < -0.4 is 5.32 Å². The molecule has 0 radical (unpaired) electrons. The molecule has 1 aromatic carbocycles. The third kappa shape index (κ3) is 3.80. The predicted molar refractivity (Wildman–Crippen MR) is 68.5 cm³/mol. The van der Waals surface area contributed by atoms with Crippen molar-refractivity contribution in [3.05, 3.63) is 35.6 Å². The van der Waals surface area contributed by atoms with Crippen molar-refractivity contribution in [3.8, 4) is 0 Å². The zero-order valence-electron chi connectivity index (χ0n) is 9.42. The molecule has 1 heterocycles. The third-order valence-electron chi connectivity index (χ3n) is 2.89. The standard InChI is InChI=1S/C13H18FNS/c14-12-5-1-3-11(9-12)4-2-7-15-13-6-8-16-10-13/h1,3,5,9,13,15H,2,4,6-8,10H2. The van der Waals surface area contributed by atoms with E-state index in [1.807, 2.05) is 17.8 Å². The Balaban J connectivity index is 1.64. The molecule has 88 valence electrons. The lowest BCUT2D eigenvalue weighted by Gasteiger charge is -2.10. The molecule has 0 amide bonds. The van der Waals surface area contributed by atoms with Gasteiger partial charge in [-0.15, -0.1) is 0 Å². The van der Waals surface area contributed by atoms with Gasteiger partial charge in [0.1, 0.15) is 5.82 Å². The quantitative estimate of drug-likeness (QED) is 0.793. The Morgan fingerprint density at radius 3 is 3.12 bits per heavy atom. The van der Waals surface area contributed by atoms with E-state index >= 15 is 0 Å². The van der Waals surface area contributed by atoms with Gasteiger partial charge >= 0.3 is 0 Å². The first kappa shape index (κ1) is 11.9. The van der Waals surface area contributed by atoms with Crippen molar-refractivity contribution in [3.63, 3.8) is 0 Å². The molecule has 1 atom stereocenters. The Morgan fingerprint density at radius 1 is 1.44 bits per heavy atom. The van der Waals surface area contributed by atoms with Gasteiger partial charge in [0.25, 0.3) is 0 Å². The molecule has 0 aromatic heterocycles. The fourth-order valence-electron chi connectivity index (χ4n) is 1.99. The van der Waals surface area contributed by atoms with Crippen molar-refractivity contribution >= 4 is 11.8 Å². The molecule has 3 heteroatoms. The number of benzene rings is 1. The monoisotopic (exact) mass is 239 g/mol. The van der Waals surface area contributed by atoms with E-state index in [0.717, 1.165) is 24.9 Å². The fraction of sp³-hybridized carbons (Fsp3) is 0.538. The van der Waals surface area contributed by atoms with E-state index < -0.39 is 0 Å². The van der Waals surface area contributed by atoms with Gasteiger partial charge in [-0.2, -0.15) is 11.8 Å². The van der Waals surface area contributed by atoms with Gasteiger partial charge in [-0.05, 0) is 49.3 Å². The smallest absolute Gasteiger partial charge is 0.123 e. The van der Waals surface area contributed by atoms with Crippen molar-refractivity contribution < 1.29 is 4.39 Å². The fourth-order valence-corrected chi connectivity index (χ4v) is 3.17. The minimum absolute atomic E-state index is 0.127. The van der Waals surface area contributed by atoms with E-state index in [1.54, 1.807) is 12.1 Å². The molecule has 0 bridgehead atoms. The van der Waals surface area contributed by atoms with Crippen LogP contribution >= 0.6 is 11.8 Å². The summed E-state index contributed by atoms with van der Waals surface area (Å²) in [5, 5.41) is 3.55. The van der Waals surface area contributed by atoms with Crippen molar-refractivity contribution in [1.82, 2.24) is 5.32 Å². The topological polar surface area (TPSA) is 12.0 Å². The van der Waals surface area contributed by atoms with Crippen LogP contribution in [0.15, 0.2) is 24.3 Å². The van der Waals surface area contributed by atoms with E-state index in [2.05, 4.69) is 5.32 Å². The summed E-state index contributed by atoms with van der Waals surface area (Å²) in [4.78, 5) is 0. The summed E-state index contributed by atoms with van der Waals surface area (Å²) in [5.41, 5.74) is 1.10. The van der Waals surface area contributed by atoms with E-state index in [9.17, 15) is 4.39 Å². The first-order valence-corrected chi connectivity index (χ1v) is 7.05. The highest BCUT2D eigenvalue weighted by atomic mass is 32.2. The molecule has 1 aromatic rings. The number of hydrogen-bond acceptors (Lipinski definition) is 2. The normalized spacial score (nSPS) is 20.2. The average molecular weight is 239 g/mol. The molecule has 0 aliphatic carbocycles. The van der Waals surface area contributed by atoms with E-state index in [-0.39, 0.29) is 5.82 Å². The number of hydrogen-bond donors (Lipinski definition) is 1. The van der Waals surface area contributed by atoms with Gasteiger partial charge in [-0.1, -0.05) is 12.1 Å². The predicted octanol–water partition coefficient (Wildman–Crippen LogP) is 2.85. The van der Waals surface area contributed by atoms with Crippen LogP contribution in [0.1, 0.15) is 18.4 Å². The highest BCUT2D eigenvalue weighted by Crippen LogP contribution is 2.16. The second kappa shape index (κ2) is 6.26. The number of nitrogens with one attached hydrogen (secondary N) is 1. The molecule has 1 saturated heterocycles. The Morgan fingerprint density at radius 2 is 2.38 bits per heavy atom. The van der Waals surface area contributed by atoms with Crippen LogP contribution in [0.25, 0.3) is 0 Å². The summed E-state index contributed by atoms with van der Waals surface area (Å²) in [6.07, 6.45) is 3.35. The van der Waals surface area contributed by atoms with Gasteiger partial charge in [0, 0.05) is 11.8 Å². The largest absolute Gasteiger partial charge is 0.313 e. The molecule has 16 heavy (non-hydrogen) atoms. The Bertz CT molecular complexity index is 323. The Labute approximate surface area is 101 Å². The summed E-state index contributed by atoms with van der Waals surface area (Å²) in [7, 11) is 0. The number of thioether (sulfide) groups is 1. The molecule has 1 nitrogen and oxygen atoms in total. The molecule has 0 spiro atoms. The maximum atomic E-state index is 12.9. The van der Waals surface area contributed by atoms with Crippen LogP contribution in [-0.4, -0.2) is 24.1 Å². The number of rotatable bonds is 5. The highest BCUT2D eigenvalue weighted by molar-refractivity contribution is 7.99. The van der Waals surface area contributed by atoms with Crippen LogP contribution in [-0.2, 0) is 6.42 Å². The second-order valence-corrected chi connectivity index (χ2v) is 5.40. The third-order valence-corrected chi connectivity index (χ3v) is 4.06. The zero-order chi connectivity index (χ0) is 11.2. The maximum absolute atomic E-state index is 12.9. The summed E-state index contributed by atoms with van der Waals surface area (Å²) >= 11 is 2.03. The lowest BCUT2D eigenvalue weighted by molar-refractivity contribution is 0.544. The number of aryl methyl sites for hydroxylation is 1. The van der Waals surface area contributed by atoms with Crippen LogP contribution in [0.4, 0.5) is 4.39 Å². The van der Waals surface area contributed by atoms with Crippen molar-refractivity contribution in [2.24, 2.45) is 0 Å². The van der Waals surface area contributed by atoms with Crippen LogP contribution in [0, 0.1) is 5.82 Å². The molecule has 1 N–H and O–H groups in total. The zero-order valence-corrected chi connectivity index (χ0v) is 10.2. The number of halogens is 1. The summed E-state index contributed by atoms with van der Waals surface area (Å²) in [6.45, 7) is 1.04. The molecule has 0 saturated carbocycles. The van der Waals surface area contributed by atoms with Gasteiger partial charge in [-0.3, -0.25) is 0 Å². The minimum Gasteiger partial charge on any atom is -0.313 e. The van der Waals surface area contributed by atoms with Gasteiger partial charge in [0.05, 0.1) is 0 Å². The average Bonchev–Trinajstić information content (AvgIpc) is 2.77. The van der Waals surface area contributed by atoms with Crippen molar-refractivity contribution in [2.45, 2.75) is 25.3 Å². The first-order chi connectivity index (χ1) is 7.84. The van der Waals surface area contributed by atoms with Crippen LogP contribution in [0.5, 0.6) is 0 Å². The van der Waals surface area contributed by atoms with Crippen molar-refractivity contribution in [2.75, 3.05) is 18.1 Å². The van der Waals surface area contributed by atoms with E-state index in [1.165, 1.54) is 24.0 Å². The molecule has 1 fully saturated rings. The van der Waals surface area contributed by atoms with Crippen molar-refractivity contribution in [1.29, 1.82) is 0 Å². The summed E-state index contributed by atoms with van der Waals surface area (Å²) < 4.78 is 12.9. The summed E-state index contributed by atoms with van der Waals surface area (Å²) in [6, 6.07) is 7.61. The lowest BCUT2D eigenvalue weighted by Crippen LogP contribution is -2.29. The Kier molecular flexibility index (Phi) is 4.67. The maximum Gasteiger partial charge on any atom is 0.123 e. The van der Waals surface area contributed by atoms with Gasteiger partial charge < -0.3 is 5.32 Å². The van der Waals surface area contributed by atoms with Gasteiger partial charge in [0.15, 0.2) is 0 Å². The minimum atomic E-state index is -0.127. The SMILES string of the molecule is Fc1cccc(CCCNC2CCSC2)c1. The molecular formula is C13H18FNS. The molecule has 2 rings (SSSR count). The highest BCUT2D eigenvalue weighted by Gasteiger charge is 2.13. The van der Waals surface area contributed by atoms with Crippen LogP contribution in [0.3, 0.4) is 0 Å². The lowest BCUT2D eigenvalue weighted by atomic mass is 10.1. The molecular weight excluding hydrogens is 221 g/mol. The van der Waals surface area contributed by atoms with Gasteiger partial charge in [0.2, 0.25) is 0 Å². The molecule has 1 aliphatic heterocycles. The summed E-state index contributed by atoms with van der Waals surface area (Å²) in [5.74, 6) is 2.42.